The minimum Gasteiger partial charge on any atom is -0.488 e. The van der Waals surface area contributed by atoms with Gasteiger partial charge in [0.2, 0.25) is 0 Å². The maximum absolute atomic E-state index is 13.4. The molecule has 0 spiro atoms. The van der Waals surface area contributed by atoms with Crippen molar-refractivity contribution in [3.05, 3.63) is 63.4 Å². The van der Waals surface area contributed by atoms with Crippen LogP contribution in [0.1, 0.15) is 24.1 Å². The molecule has 2 aromatic carbocycles. The fourth-order valence-corrected chi connectivity index (χ4v) is 2.26. The van der Waals surface area contributed by atoms with Crippen LogP contribution in [0.2, 0.25) is 10.0 Å². The SMILES string of the molecule is CNC(C)c1ccc(F)cc1OCc1ccc(Cl)c(Cl)c1. The Morgan fingerprint density at radius 2 is 1.90 bits per heavy atom. The molecule has 5 heteroatoms. The van der Waals surface area contributed by atoms with Gasteiger partial charge in [-0.25, -0.2) is 4.39 Å². The van der Waals surface area contributed by atoms with Crippen molar-refractivity contribution in [3.63, 3.8) is 0 Å². The molecule has 0 saturated heterocycles. The second-order valence-corrected chi connectivity index (χ2v) is 5.54. The van der Waals surface area contributed by atoms with Crippen LogP contribution in [0, 0.1) is 5.82 Å². The van der Waals surface area contributed by atoms with Gasteiger partial charge in [0, 0.05) is 17.7 Å². The molecule has 0 heterocycles. The van der Waals surface area contributed by atoms with E-state index in [1.165, 1.54) is 12.1 Å². The van der Waals surface area contributed by atoms with E-state index in [2.05, 4.69) is 5.32 Å². The molecule has 0 aliphatic carbocycles. The van der Waals surface area contributed by atoms with Crippen LogP contribution in [0.4, 0.5) is 4.39 Å². The maximum Gasteiger partial charge on any atom is 0.127 e. The Bertz CT molecular complexity index is 634. The molecule has 0 aliphatic heterocycles. The zero-order valence-electron chi connectivity index (χ0n) is 11.8. The van der Waals surface area contributed by atoms with Gasteiger partial charge in [-0.3, -0.25) is 0 Å². The van der Waals surface area contributed by atoms with E-state index in [0.717, 1.165) is 11.1 Å². The number of ether oxygens (including phenoxy) is 1. The van der Waals surface area contributed by atoms with Crippen LogP contribution in [0.15, 0.2) is 36.4 Å². The predicted octanol–water partition coefficient (Wildman–Crippen LogP) is 4.99. The molecule has 0 fully saturated rings. The normalized spacial score (nSPS) is 12.2. The van der Waals surface area contributed by atoms with E-state index >= 15 is 0 Å². The highest BCUT2D eigenvalue weighted by molar-refractivity contribution is 6.42. The fourth-order valence-electron chi connectivity index (χ4n) is 1.94. The van der Waals surface area contributed by atoms with Gasteiger partial charge in [0.1, 0.15) is 18.2 Å². The van der Waals surface area contributed by atoms with Crippen LogP contribution >= 0.6 is 23.2 Å². The van der Waals surface area contributed by atoms with E-state index < -0.39 is 0 Å². The van der Waals surface area contributed by atoms with Crippen molar-refractivity contribution in [2.75, 3.05) is 7.05 Å². The molecule has 0 amide bonds. The van der Waals surface area contributed by atoms with Crippen LogP contribution in [-0.4, -0.2) is 7.05 Å². The average molecular weight is 328 g/mol. The monoisotopic (exact) mass is 327 g/mol. The molecule has 21 heavy (non-hydrogen) atoms. The van der Waals surface area contributed by atoms with Crippen LogP contribution < -0.4 is 10.1 Å². The Morgan fingerprint density at radius 3 is 2.57 bits per heavy atom. The Morgan fingerprint density at radius 1 is 1.14 bits per heavy atom. The number of benzene rings is 2. The van der Waals surface area contributed by atoms with Crippen molar-refractivity contribution in [2.45, 2.75) is 19.6 Å². The van der Waals surface area contributed by atoms with Gasteiger partial charge in [0.15, 0.2) is 0 Å². The topological polar surface area (TPSA) is 21.3 Å². The van der Waals surface area contributed by atoms with Gasteiger partial charge in [-0.05, 0) is 37.7 Å². The third kappa shape index (κ3) is 4.10. The molecule has 0 aliphatic rings. The number of rotatable bonds is 5. The highest BCUT2D eigenvalue weighted by Crippen LogP contribution is 2.28. The van der Waals surface area contributed by atoms with Gasteiger partial charge >= 0.3 is 0 Å². The minimum atomic E-state index is -0.328. The summed E-state index contributed by atoms with van der Waals surface area (Å²) in [7, 11) is 1.84. The third-order valence-corrected chi connectivity index (χ3v) is 3.99. The number of hydrogen-bond donors (Lipinski definition) is 1. The average Bonchev–Trinajstić information content (AvgIpc) is 2.48. The Balaban J connectivity index is 2.18. The molecule has 0 aromatic heterocycles. The predicted molar refractivity (Wildman–Crippen MR) is 84.7 cm³/mol. The smallest absolute Gasteiger partial charge is 0.127 e. The fraction of sp³-hybridized carbons (Fsp3) is 0.250. The number of halogens is 3. The van der Waals surface area contributed by atoms with E-state index in [4.69, 9.17) is 27.9 Å². The molecule has 0 saturated carbocycles. The molecular weight excluding hydrogens is 312 g/mol. The molecule has 0 radical (unpaired) electrons. The molecule has 2 rings (SSSR count). The minimum absolute atomic E-state index is 0.0643. The first kappa shape index (κ1) is 16.1. The van der Waals surface area contributed by atoms with E-state index in [1.54, 1.807) is 18.2 Å². The standard InChI is InChI=1S/C16H16Cl2FNO/c1-10(20-2)13-5-4-12(19)8-16(13)21-9-11-3-6-14(17)15(18)7-11/h3-8,10,20H,9H2,1-2H3. The van der Waals surface area contributed by atoms with Crippen LogP contribution in [0.25, 0.3) is 0 Å². The zero-order chi connectivity index (χ0) is 15.4. The first-order valence-electron chi connectivity index (χ1n) is 6.54. The summed E-state index contributed by atoms with van der Waals surface area (Å²) in [5.41, 5.74) is 1.77. The molecule has 1 unspecified atom stereocenters. The van der Waals surface area contributed by atoms with E-state index in [0.29, 0.717) is 22.4 Å². The summed E-state index contributed by atoms with van der Waals surface area (Å²) in [6, 6.07) is 9.88. The van der Waals surface area contributed by atoms with Crippen LogP contribution in [0.3, 0.4) is 0 Å². The van der Waals surface area contributed by atoms with Gasteiger partial charge in [-0.1, -0.05) is 35.3 Å². The van der Waals surface area contributed by atoms with Crippen molar-refractivity contribution in [1.82, 2.24) is 5.32 Å². The van der Waals surface area contributed by atoms with E-state index in [1.807, 2.05) is 20.0 Å². The largest absolute Gasteiger partial charge is 0.488 e. The lowest BCUT2D eigenvalue weighted by atomic mass is 10.1. The molecule has 112 valence electrons. The van der Waals surface area contributed by atoms with Gasteiger partial charge in [0.05, 0.1) is 10.0 Å². The molecular formula is C16H16Cl2FNO. The molecule has 1 atom stereocenters. The summed E-state index contributed by atoms with van der Waals surface area (Å²) in [5, 5.41) is 4.08. The van der Waals surface area contributed by atoms with Gasteiger partial charge in [-0.2, -0.15) is 0 Å². The first-order valence-corrected chi connectivity index (χ1v) is 7.30. The summed E-state index contributed by atoms with van der Waals surface area (Å²) in [4.78, 5) is 0. The van der Waals surface area contributed by atoms with Crippen molar-refractivity contribution >= 4 is 23.2 Å². The Labute approximate surface area is 133 Å². The number of hydrogen-bond acceptors (Lipinski definition) is 2. The maximum atomic E-state index is 13.4. The summed E-state index contributed by atoms with van der Waals surface area (Å²) in [6.07, 6.45) is 0. The lowest BCUT2D eigenvalue weighted by molar-refractivity contribution is 0.298. The molecule has 2 nitrogen and oxygen atoms in total. The summed E-state index contributed by atoms with van der Waals surface area (Å²) in [6.45, 7) is 2.28. The first-order chi connectivity index (χ1) is 10.0. The third-order valence-electron chi connectivity index (χ3n) is 3.25. The van der Waals surface area contributed by atoms with Gasteiger partial charge < -0.3 is 10.1 Å². The van der Waals surface area contributed by atoms with Crippen LogP contribution in [0.5, 0.6) is 5.75 Å². The van der Waals surface area contributed by atoms with Crippen LogP contribution in [-0.2, 0) is 6.61 Å². The highest BCUT2D eigenvalue weighted by Gasteiger charge is 2.11. The van der Waals surface area contributed by atoms with E-state index in [-0.39, 0.29) is 11.9 Å². The zero-order valence-corrected chi connectivity index (χ0v) is 13.3. The lowest BCUT2D eigenvalue weighted by Gasteiger charge is -2.17. The summed E-state index contributed by atoms with van der Waals surface area (Å²) < 4.78 is 19.2. The summed E-state index contributed by atoms with van der Waals surface area (Å²) in [5.74, 6) is 0.189. The molecule has 0 bridgehead atoms. The van der Waals surface area contributed by atoms with Crippen molar-refractivity contribution in [1.29, 1.82) is 0 Å². The number of nitrogens with one attached hydrogen (secondary N) is 1. The van der Waals surface area contributed by atoms with Crippen molar-refractivity contribution < 1.29 is 9.13 Å². The van der Waals surface area contributed by atoms with Crippen molar-refractivity contribution in [3.8, 4) is 5.75 Å². The van der Waals surface area contributed by atoms with Crippen molar-refractivity contribution in [2.24, 2.45) is 0 Å². The van der Waals surface area contributed by atoms with E-state index in [9.17, 15) is 4.39 Å². The molecule has 2 aromatic rings. The Kier molecular flexibility index (Phi) is 5.45. The lowest BCUT2D eigenvalue weighted by Crippen LogP contribution is -2.14. The quantitative estimate of drug-likeness (QED) is 0.835. The highest BCUT2D eigenvalue weighted by atomic mass is 35.5. The Hall–Kier alpha value is -1.29. The summed E-state index contributed by atoms with van der Waals surface area (Å²) >= 11 is 11.8. The molecule has 1 N–H and O–H groups in total. The second kappa shape index (κ2) is 7.12. The van der Waals surface area contributed by atoms with Gasteiger partial charge in [0.25, 0.3) is 0 Å². The van der Waals surface area contributed by atoms with Gasteiger partial charge in [-0.15, -0.1) is 0 Å². The second-order valence-electron chi connectivity index (χ2n) is 4.73.